The van der Waals surface area contributed by atoms with E-state index < -0.39 is 0 Å². The van der Waals surface area contributed by atoms with Gasteiger partial charge in [0, 0.05) is 13.6 Å². The molecule has 1 fully saturated rings. The van der Waals surface area contributed by atoms with E-state index >= 15 is 0 Å². The summed E-state index contributed by atoms with van der Waals surface area (Å²) in [4.78, 5) is 6.71. The molecule has 0 bridgehead atoms. The first-order valence-corrected chi connectivity index (χ1v) is 7.99. The highest BCUT2D eigenvalue weighted by Gasteiger charge is 2.33. The lowest BCUT2D eigenvalue weighted by atomic mass is 10.1. The SMILES string of the molecule is CCCN(C)/C=N/c1cc(C)c(OCC2CC2C)cc1C. The molecule has 0 amide bonds. The Kier molecular flexibility index (Phi) is 5.27. The van der Waals surface area contributed by atoms with E-state index in [4.69, 9.17) is 4.74 Å². The van der Waals surface area contributed by atoms with E-state index in [1.165, 1.54) is 17.5 Å². The van der Waals surface area contributed by atoms with Gasteiger partial charge >= 0.3 is 0 Å². The molecule has 0 N–H and O–H groups in total. The highest BCUT2D eigenvalue weighted by atomic mass is 16.5. The van der Waals surface area contributed by atoms with Crippen LogP contribution in [-0.4, -0.2) is 31.4 Å². The molecule has 1 aliphatic carbocycles. The third-order valence-electron chi connectivity index (χ3n) is 4.19. The van der Waals surface area contributed by atoms with E-state index in [-0.39, 0.29) is 0 Å². The van der Waals surface area contributed by atoms with Crippen molar-refractivity contribution in [1.82, 2.24) is 4.90 Å². The van der Waals surface area contributed by atoms with Crippen molar-refractivity contribution in [2.24, 2.45) is 16.8 Å². The summed E-state index contributed by atoms with van der Waals surface area (Å²) < 4.78 is 5.97. The second kappa shape index (κ2) is 6.97. The largest absolute Gasteiger partial charge is 0.493 e. The molecule has 0 heterocycles. The second-order valence-electron chi connectivity index (χ2n) is 6.41. The van der Waals surface area contributed by atoms with Crippen molar-refractivity contribution < 1.29 is 4.74 Å². The summed E-state index contributed by atoms with van der Waals surface area (Å²) in [6.07, 6.45) is 4.36. The minimum atomic E-state index is 0.755. The van der Waals surface area contributed by atoms with Crippen molar-refractivity contribution in [3.05, 3.63) is 23.3 Å². The van der Waals surface area contributed by atoms with E-state index in [9.17, 15) is 0 Å². The Balaban J connectivity index is 2.02. The first-order chi connectivity index (χ1) is 10.0. The van der Waals surface area contributed by atoms with Crippen LogP contribution in [-0.2, 0) is 0 Å². The summed E-state index contributed by atoms with van der Waals surface area (Å²) in [5, 5.41) is 0. The lowest BCUT2D eigenvalue weighted by molar-refractivity contribution is 0.291. The van der Waals surface area contributed by atoms with Crippen LogP contribution in [0.25, 0.3) is 0 Å². The van der Waals surface area contributed by atoms with E-state index in [1.807, 2.05) is 6.34 Å². The summed E-state index contributed by atoms with van der Waals surface area (Å²) in [6.45, 7) is 10.5. The van der Waals surface area contributed by atoms with E-state index in [1.54, 1.807) is 0 Å². The second-order valence-corrected chi connectivity index (χ2v) is 6.41. The summed E-state index contributed by atoms with van der Waals surface area (Å²) >= 11 is 0. The molecule has 0 spiro atoms. The lowest BCUT2D eigenvalue weighted by Crippen LogP contribution is -2.16. The zero-order chi connectivity index (χ0) is 15.4. The van der Waals surface area contributed by atoms with Gasteiger partial charge < -0.3 is 9.64 Å². The number of hydrogen-bond acceptors (Lipinski definition) is 2. The topological polar surface area (TPSA) is 24.8 Å². The number of aryl methyl sites for hydroxylation is 2. The first-order valence-electron chi connectivity index (χ1n) is 7.99. The van der Waals surface area contributed by atoms with Crippen molar-refractivity contribution in [3.63, 3.8) is 0 Å². The zero-order valence-electron chi connectivity index (χ0n) is 14.0. The molecule has 2 rings (SSSR count). The number of nitrogens with zero attached hydrogens (tertiary/aromatic N) is 2. The van der Waals surface area contributed by atoms with Crippen molar-refractivity contribution in [2.75, 3.05) is 20.2 Å². The molecule has 1 aliphatic rings. The fraction of sp³-hybridized carbons (Fsp3) is 0.611. The molecule has 1 saturated carbocycles. The summed E-state index contributed by atoms with van der Waals surface area (Å²) in [5.41, 5.74) is 3.36. The van der Waals surface area contributed by atoms with Crippen molar-refractivity contribution in [3.8, 4) is 5.75 Å². The molecule has 3 heteroatoms. The fourth-order valence-electron chi connectivity index (χ4n) is 2.47. The molecule has 2 atom stereocenters. The van der Waals surface area contributed by atoms with Crippen LogP contribution in [0.4, 0.5) is 5.69 Å². The molecular formula is C18H28N2O. The molecule has 0 saturated heterocycles. The lowest BCUT2D eigenvalue weighted by Gasteiger charge is -2.13. The van der Waals surface area contributed by atoms with Crippen molar-refractivity contribution in [2.45, 2.75) is 40.5 Å². The molecule has 0 aromatic heterocycles. The van der Waals surface area contributed by atoms with Crippen LogP contribution < -0.4 is 4.74 Å². The number of rotatable bonds is 7. The fourth-order valence-corrected chi connectivity index (χ4v) is 2.47. The Labute approximate surface area is 129 Å². The molecule has 116 valence electrons. The maximum atomic E-state index is 5.97. The van der Waals surface area contributed by atoms with E-state index in [0.717, 1.165) is 42.8 Å². The van der Waals surface area contributed by atoms with Crippen LogP contribution in [0.15, 0.2) is 17.1 Å². The minimum Gasteiger partial charge on any atom is -0.493 e. The first kappa shape index (κ1) is 15.9. The minimum absolute atomic E-state index is 0.755. The number of ether oxygens (including phenoxy) is 1. The standard InChI is InChI=1S/C18H28N2O/c1-6-7-20(5)12-19-17-9-15(4)18(10-14(17)3)21-11-16-8-13(16)2/h9-10,12-13,16H,6-8,11H2,1-5H3/b19-12+. The van der Waals surface area contributed by atoms with Gasteiger partial charge in [0.2, 0.25) is 0 Å². The molecule has 2 unspecified atom stereocenters. The Hall–Kier alpha value is -1.51. The molecule has 3 nitrogen and oxygen atoms in total. The van der Waals surface area contributed by atoms with Gasteiger partial charge in [-0.1, -0.05) is 13.8 Å². The highest BCUT2D eigenvalue weighted by molar-refractivity contribution is 5.64. The molecule has 1 aromatic carbocycles. The van der Waals surface area contributed by atoms with E-state index in [0.29, 0.717) is 0 Å². The van der Waals surface area contributed by atoms with Crippen LogP contribution in [0.3, 0.4) is 0 Å². The van der Waals surface area contributed by atoms with Gasteiger partial charge in [-0.25, -0.2) is 4.99 Å². The van der Waals surface area contributed by atoms with Crippen LogP contribution in [0.1, 0.15) is 37.8 Å². The summed E-state index contributed by atoms with van der Waals surface area (Å²) in [6, 6.07) is 4.24. The monoisotopic (exact) mass is 288 g/mol. The van der Waals surface area contributed by atoms with E-state index in [2.05, 4.69) is 56.8 Å². The molecular weight excluding hydrogens is 260 g/mol. The Bertz CT molecular complexity index is 510. The van der Waals surface area contributed by atoms with Gasteiger partial charge in [-0.05, 0) is 61.8 Å². The summed E-state index contributed by atoms with van der Waals surface area (Å²) in [5.74, 6) is 2.60. The zero-order valence-corrected chi connectivity index (χ0v) is 14.0. The van der Waals surface area contributed by atoms with Gasteiger partial charge in [0.1, 0.15) is 5.75 Å². The predicted molar refractivity (Wildman–Crippen MR) is 89.8 cm³/mol. The van der Waals surface area contributed by atoms with Crippen LogP contribution in [0.5, 0.6) is 5.75 Å². The molecule has 1 aromatic rings. The summed E-state index contributed by atoms with van der Waals surface area (Å²) in [7, 11) is 2.06. The molecule has 0 radical (unpaired) electrons. The smallest absolute Gasteiger partial charge is 0.122 e. The van der Waals surface area contributed by atoms with Crippen LogP contribution >= 0.6 is 0 Å². The van der Waals surface area contributed by atoms with Crippen molar-refractivity contribution in [1.29, 1.82) is 0 Å². The van der Waals surface area contributed by atoms with Gasteiger partial charge in [-0.3, -0.25) is 0 Å². The Morgan fingerprint density at radius 2 is 2.05 bits per heavy atom. The number of hydrogen-bond donors (Lipinski definition) is 0. The Morgan fingerprint density at radius 1 is 1.33 bits per heavy atom. The average molecular weight is 288 g/mol. The number of benzene rings is 1. The van der Waals surface area contributed by atoms with Gasteiger partial charge in [0.25, 0.3) is 0 Å². The van der Waals surface area contributed by atoms with Crippen molar-refractivity contribution >= 4 is 12.0 Å². The maximum absolute atomic E-state index is 5.97. The van der Waals surface area contributed by atoms with Gasteiger partial charge in [-0.2, -0.15) is 0 Å². The number of aliphatic imine (C=N–C) groups is 1. The normalized spacial score (nSPS) is 20.8. The highest BCUT2D eigenvalue weighted by Crippen LogP contribution is 2.38. The average Bonchev–Trinajstić information content (AvgIpc) is 3.14. The van der Waals surface area contributed by atoms with Gasteiger partial charge in [0.05, 0.1) is 18.6 Å². The third kappa shape index (κ3) is 4.48. The predicted octanol–water partition coefficient (Wildman–Crippen LogP) is 4.34. The van der Waals surface area contributed by atoms with Crippen LogP contribution in [0.2, 0.25) is 0 Å². The molecule has 21 heavy (non-hydrogen) atoms. The maximum Gasteiger partial charge on any atom is 0.122 e. The van der Waals surface area contributed by atoms with Gasteiger partial charge in [0.15, 0.2) is 0 Å². The molecule has 0 aliphatic heterocycles. The van der Waals surface area contributed by atoms with Gasteiger partial charge in [-0.15, -0.1) is 0 Å². The van der Waals surface area contributed by atoms with Crippen LogP contribution in [0, 0.1) is 25.7 Å². The Morgan fingerprint density at radius 3 is 2.67 bits per heavy atom. The third-order valence-corrected chi connectivity index (χ3v) is 4.19. The quantitative estimate of drug-likeness (QED) is 0.551.